The smallest absolute Gasteiger partial charge is 0.123 e. The molecule has 1 aliphatic heterocycles. The summed E-state index contributed by atoms with van der Waals surface area (Å²) in [5.41, 5.74) is 2.02. The van der Waals surface area contributed by atoms with Crippen LogP contribution in [-0.2, 0) is 6.54 Å². The summed E-state index contributed by atoms with van der Waals surface area (Å²) in [7, 11) is 0. The van der Waals surface area contributed by atoms with Crippen molar-refractivity contribution in [1.82, 2.24) is 14.9 Å². The molecular weight excluding hydrogens is 241 g/mol. The molecule has 0 N–H and O–H groups in total. The van der Waals surface area contributed by atoms with Crippen LogP contribution in [0, 0.1) is 5.82 Å². The molecule has 4 heteroatoms. The van der Waals surface area contributed by atoms with Crippen LogP contribution < -0.4 is 0 Å². The average molecular weight is 257 g/mol. The van der Waals surface area contributed by atoms with E-state index in [4.69, 9.17) is 0 Å². The SMILES string of the molecule is Fc1cccc(CN2CCC[C@@H]2c2cnccn2)c1. The number of likely N-dealkylation sites (tertiary alicyclic amines) is 1. The Balaban J connectivity index is 1.77. The van der Waals surface area contributed by atoms with E-state index >= 15 is 0 Å². The van der Waals surface area contributed by atoms with Crippen LogP contribution in [0.3, 0.4) is 0 Å². The molecule has 0 amide bonds. The van der Waals surface area contributed by atoms with E-state index in [1.165, 1.54) is 6.07 Å². The van der Waals surface area contributed by atoms with Gasteiger partial charge in [0.1, 0.15) is 5.82 Å². The van der Waals surface area contributed by atoms with Gasteiger partial charge in [-0.15, -0.1) is 0 Å². The van der Waals surface area contributed by atoms with E-state index < -0.39 is 0 Å². The first-order chi connectivity index (χ1) is 9.33. The molecule has 0 unspecified atom stereocenters. The first kappa shape index (κ1) is 12.2. The molecule has 1 aromatic heterocycles. The average Bonchev–Trinajstić information content (AvgIpc) is 2.88. The van der Waals surface area contributed by atoms with Gasteiger partial charge in [-0.2, -0.15) is 0 Å². The fraction of sp³-hybridized carbons (Fsp3) is 0.333. The van der Waals surface area contributed by atoms with E-state index in [-0.39, 0.29) is 5.82 Å². The molecule has 1 aliphatic rings. The third kappa shape index (κ3) is 2.79. The Hall–Kier alpha value is -1.81. The molecule has 19 heavy (non-hydrogen) atoms. The molecule has 1 atom stereocenters. The molecule has 0 radical (unpaired) electrons. The summed E-state index contributed by atoms with van der Waals surface area (Å²) in [5.74, 6) is -0.173. The summed E-state index contributed by atoms with van der Waals surface area (Å²) >= 11 is 0. The Bertz CT molecular complexity index is 544. The number of hydrogen-bond donors (Lipinski definition) is 0. The Morgan fingerprint density at radius 3 is 3.05 bits per heavy atom. The van der Waals surface area contributed by atoms with Crippen molar-refractivity contribution < 1.29 is 4.39 Å². The largest absolute Gasteiger partial charge is 0.290 e. The fourth-order valence-electron chi connectivity index (χ4n) is 2.70. The highest BCUT2D eigenvalue weighted by Gasteiger charge is 2.27. The Morgan fingerprint density at radius 2 is 2.26 bits per heavy atom. The van der Waals surface area contributed by atoms with Crippen molar-refractivity contribution in [3.8, 4) is 0 Å². The van der Waals surface area contributed by atoms with Gasteiger partial charge in [-0.25, -0.2) is 4.39 Å². The number of benzene rings is 1. The van der Waals surface area contributed by atoms with Crippen molar-refractivity contribution in [2.24, 2.45) is 0 Å². The summed E-state index contributed by atoms with van der Waals surface area (Å²) in [6.45, 7) is 1.79. The van der Waals surface area contributed by atoms with Gasteiger partial charge >= 0.3 is 0 Å². The molecule has 1 saturated heterocycles. The zero-order valence-electron chi connectivity index (χ0n) is 10.7. The number of hydrogen-bond acceptors (Lipinski definition) is 3. The summed E-state index contributed by atoms with van der Waals surface area (Å²) in [4.78, 5) is 10.9. The molecule has 1 fully saturated rings. The first-order valence-electron chi connectivity index (χ1n) is 6.57. The van der Waals surface area contributed by atoms with Gasteiger partial charge in [-0.05, 0) is 37.1 Å². The van der Waals surface area contributed by atoms with Gasteiger partial charge in [0.15, 0.2) is 0 Å². The quantitative estimate of drug-likeness (QED) is 0.846. The van der Waals surface area contributed by atoms with Crippen LogP contribution in [0.2, 0.25) is 0 Å². The van der Waals surface area contributed by atoms with Gasteiger partial charge in [0, 0.05) is 25.1 Å². The highest BCUT2D eigenvalue weighted by atomic mass is 19.1. The van der Waals surface area contributed by atoms with E-state index in [2.05, 4.69) is 14.9 Å². The lowest BCUT2D eigenvalue weighted by atomic mass is 10.1. The molecule has 0 saturated carbocycles. The molecule has 3 rings (SSSR count). The van der Waals surface area contributed by atoms with Gasteiger partial charge < -0.3 is 0 Å². The molecule has 2 aromatic rings. The second kappa shape index (κ2) is 5.45. The standard InChI is InChI=1S/C15H16FN3/c16-13-4-1-3-12(9-13)11-19-8-2-5-15(19)14-10-17-6-7-18-14/h1,3-4,6-7,9-10,15H,2,5,8,11H2/t15-/m1/s1. The lowest BCUT2D eigenvalue weighted by molar-refractivity contribution is 0.243. The van der Waals surface area contributed by atoms with Crippen molar-refractivity contribution >= 4 is 0 Å². The van der Waals surface area contributed by atoms with E-state index in [9.17, 15) is 4.39 Å². The van der Waals surface area contributed by atoms with Gasteiger partial charge in [0.25, 0.3) is 0 Å². The lowest BCUT2D eigenvalue weighted by Gasteiger charge is -2.23. The number of nitrogens with zero attached hydrogens (tertiary/aromatic N) is 3. The van der Waals surface area contributed by atoms with Crippen LogP contribution in [-0.4, -0.2) is 21.4 Å². The molecule has 0 bridgehead atoms. The molecule has 2 heterocycles. The van der Waals surface area contributed by atoms with Crippen LogP contribution >= 0.6 is 0 Å². The van der Waals surface area contributed by atoms with Crippen LogP contribution in [0.25, 0.3) is 0 Å². The van der Waals surface area contributed by atoms with Crippen LogP contribution in [0.1, 0.15) is 30.1 Å². The molecular formula is C15H16FN3. The molecule has 1 aromatic carbocycles. The van der Waals surface area contributed by atoms with Gasteiger partial charge in [0.2, 0.25) is 0 Å². The van der Waals surface area contributed by atoms with Crippen molar-refractivity contribution in [2.75, 3.05) is 6.54 Å². The summed E-state index contributed by atoms with van der Waals surface area (Å²) in [6, 6.07) is 7.12. The fourth-order valence-corrected chi connectivity index (χ4v) is 2.70. The van der Waals surface area contributed by atoms with Crippen molar-refractivity contribution in [3.05, 3.63) is 59.9 Å². The van der Waals surface area contributed by atoms with E-state index in [1.807, 2.05) is 12.3 Å². The van der Waals surface area contributed by atoms with Gasteiger partial charge in [-0.1, -0.05) is 12.1 Å². The van der Waals surface area contributed by atoms with Gasteiger partial charge in [-0.3, -0.25) is 14.9 Å². The zero-order valence-corrected chi connectivity index (χ0v) is 10.7. The van der Waals surface area contributed by atoms with Crippen LogP contribution in [0.5, 0.6) is 0 Å². The minimum Gasteiger partial charge on any atom is -0.290 e. The third-order valence-electron chi connectivity index (χ3n) is 3.56. The highest BCUT2D eigenvalue weighted by molar-refractivity contribution is 5.17. The first-order valence-corrected chi connectivity index (χ1v) is 6.57. The Labute approximate surface area is 112 Å². The van der Waals surface area contributed by atoms with E-state index in [0.717, 1.165) is 37.2 Å². The number of halogens is 1. The third-order valence-corrected chi connectivity index (χ3v) is 3.56. The normalized spacial score (nSPS) is 19.7. The van der Waals surface area contributed by atoms with Crippen LogP contribution in [0.15, 0.2) is 42.9 Å². The summed E-state index contributed by atoms with van der Waals surface area (Å²) in [6.07, 6.45) is 7.49. The molecule has 0 aliphatic carbocycles. The second-order valence-corrected chi connectivity index (χ2v) is 4.89. The van der Waals surface area contributed by atoms with Crippen LogP contribution in [0.4, 0.5) is 4.39 Å². The minimum atomic E-state index is -0.173. The summed E-state index contributed by atoms with van der Waals surface area (Å²) in [5, 5.41) is 0. The monoisotopic (exact) mass is 257 g/mol. The number of aromatic nitrogens is 2. The van der Waals surface area contributed by atoms with Crippen molar-refractivity contribution in [1.29, 1.82) is 0 Å². The minimum absolute atomic E-state index is 0.173. The van der Waals surface area contributed by atoms with Crippen molar-refractivity contribution in [2.45, 2.75) is 25.4 Å². The number of rotatable bonds is 3. The molecule has 0 spiro atoms. The molecule has 98 valence electrons. The second-order valence-electron chi connectivity index (χ2n) is 4.89. The topological polar surface area (TPSA) is 29.0 Å². The maximum atomic E-state index is 13.2. The van der Waals surface area contributed by atoms with Crippen molar-refractivity contribution in [3.63, 3.8) is 0 Å². The van der Waals surface area contributed by atoms with E-state index in [0.29, 0.717) is 6.04 Å². The Kier molecular flexibility index (Phi) is 3.51. The van der Waals surface area contributed by atoms with E-state index in [1.54, 1.807) is 24.5 Å². The Morgan fingerprint density at radius 1 is 1.32 bits per heavy atom. The predicted molar refractivity (Wildman–Crippen MR) is 70.8 cm³/mol. The molecule has 3 nitrogen and oxygen atoms in total. The zero-order chi connectivity index (χ0) is 13.1. The maximum absolute atomic E-state index is 13.2. The maximum Gasteiger partial charge on any atom is 0.123 e. The lowest BCUT2D eigenvalue weighted by Crippen LogP contribution is -2.23. The predicted octanol–water partition coefficient (Wildman–Crippen LogP) is 2.95. The summed E-state index contributed by atoms with van der Waals surface area (Å²) < 4.78 is 13.2. The highest BCUT2D eigenvalue weighted by Crippen LogP contribution is 2.31. The van der Waals surface area contributed by atoms with Gasteiger partial charge in [0.05, 0.1) is 11.7 Å².